The van der Waals surface area contributed by atoms with E-state index in [9.17, 15) is 9.59 Å². The van der Waals surface area contributed by atoms with Crippen LogP contribution in [0.1, 0.15) is 53.0 Å². The Morgan fingerprint density at radius 3 is 2.48 bits per heavy atom. The number of carbonyl (C=O) groups is 2. The maximum atomic E-state index is 13.4. The summed E-state index contributed by atoms with van der Waals surface area (Å²) < 4.78 is 23.7. The molecule has 3 aliphatic rings. The Hall–Kier alpha value is -4.86. The molecule has 7 rings (SSSR count). The van der Waals surface area contributed by atoms with Gasteiger partial charge in [0.2, 0.25) is 5.91 Å². The number of ether oxygens (including phenoxy) is 4. The number of aryl methyl sites for hydroxylation is 1. The Morgan fingerprint density at radius 2 is 1.63 bits per heavy atom. The minimum Gasteiger partial charge on any atom is -0.490 e. The van der Waals surface area contributed by atoms with Crippen LogP contribution in [0.15, 0.2) is 97.1 Å². The molecule has 0 radical (unpaired) electrons. The van der Waals surface area contributed by atoms with Crippen LogP contribution in [0.4, 0.5) is 16.2 Å². The summed E-state index contributed by atoms with van der Waals surface area (Å²) in [4.78, 5) is 32.8. The van der Waals surface area contributed by atoms with Crippen LogP contribution in [0.2, 0.25) is 0 Å². The normalized spacial score (nSPS) is 18.3. The Labute approximate surface area is 307 Å². The quantitative estimate of drug-likeness (QED) is 0.145. The predicted octanol–water partition coefficient (Wildman–Crippen LogP) is 7.16. The molecule has 0 N–H and O–H groups in total. The molecule has 3 heterocycles. The van der Waals surface area contributed by atoms with Gasteiger partial charge >= 0.3 is 6.09 Å². The second-order valence-electron chi connectivity index (χ2n) is 13.9. The summed E-state index contributed by atoms with van der Waals surface area (Å²) >= 11 is 0. The van der Waals surface area contributed by atoms with Crippen molar-refractivity contribution in [2.24, 2.45) is 0 Å². The number of methoxy groups -OCH3 is 1. The van der Waals surface area contributed by atoms with Crippen molar-refractivity contribution < 1.29 is 28.5 Å². The van der Waals surface area contributed by atoms with Crippen molar-refractivity contribution in [3.63, 3.8) is 0 Å². The van der Waals surface area contributed by atoms with Crippen molar-refractivity contribution in [3.8, 4) is 5.75 Å². The maximum absolute atomic E-state index is 13.4. The largest absolute Gasteiger partial charge is 0.490 e. The van der Waals surface area contributed by atoms with Crippen LogP contribution in [0.5, 0.6) is 5.75 Å². The van der Waals surface area contributed by atoms with E-state index in [1.807, 2.05) is 53.4 Å². The van der Waals surface area contributed by atoms with Gasteiger partial charge in [0.25, 0.3) is 0 Å². The molecule has 4 aromatic carbocycles. The number of benzene rings is 4. The number of carbonyl (C=O) groups excluding carboxylic acids is 2. The first kappa shape index (κ1) is 35.5. The molecule has 0 aliphatic carbocycles. The molecule has 272 valence electrons. The number of para-hydroxylation sites is 1. The first-order chi connectivity index (χ1) is 25.6. The number of nitrogens with zero attached hydrogens (tertiary/aromatic N) is 3. The molecular formula is C43H49N3O6. The van der Waals surface area contributed by atoms with E-state index in [0.717, 1.165) is 84.7 Å². The average molecular weight is 704 g/mol. The first-order valence-electron chi connectivity index (χ1n) is 18.6. The molecule has 52 heavy (non-hydrogen) atoms. The van der Waals surface area contributed by atoms with Gasteiger partial charge in [-0.25, -0.2) is 4.79 Å². The monoisotopic (exact) mass is 703 g/mol. The highest BCUT2D eigenvalue weighted by atomic mass is 16.6. The van der Waals surface area contributed by atoms with E-state index < -0.39 is 0 Å². The Bertz CT molecular complexity index is 1800. The molecule has 3 aliphatic heterocycles. The van der Waals surface area contributed by atoms with Gasteiger partial charge < -0.3 is 33.6 Å². The lowest BCUT2D eigenvalue weighted by molar-refractivity contribution is -0.118. The molecule has 2 amide bonds. The molecule has 9 heteroatoms. The second-order valence-corrected chi connectivity index (χ2v) is 13.9. The molecule has 1 fully saturated rings. The number of amides is 2. The summed E-state index contributed by atoms with van der Waals surface area (Å²) in [5, 5.41) is 0. The lowest BCUT2D eigenvalue weighted by Crippen LogP contribution is -2.47. The van der Waals surface area contributed by atoms with E-state index in [-0.39, 0.29) is 30.6 Å². The van der Waals surface area contributed by atoms with Crippen molar-refractivity contribution in [2.75, 3.05) is 62.8 Å². The van der Waals surface area contributed by atoms with Crippen molar-refractivity contribution in [1.82, 2.24) is 4.90 Å². The predicted molar refractivity (Wildman–Crippen MR) is 202 cm³/mol. The Balaban J connectivity index is 1.04. The molecule has 1 saturated heterocycles. The molecular weight excluding hydrogens is 654 g/mol. The van der Waals surface area contributed by atoms with Gasteiger partial charge in [0.1, 0.15) is 19.0 Å². The summed E-state index contributed by atoms with van der Waals surface area (Å²) in [6, 6.07) is 32.6. The van der Waals surface area contributed by atoms with Gasteiger partial charge in [0.05, 0.1) is 37.9 Å². The molecule has 4 aromatic rings. The lowest BCUT2D eigenvalue weighted by atomic mass is 9.86. The van der Waals surface area contributed by atoms with Crippen molar-refractivity contribution in [1.29, 1.82) is 0 Å². The molecule has 0 bridgehead atoms. The fraction of sp³-hybridized carbons (Fsp3) is 0.395. The molecule has 0 saturated carbocycles. The zero-order chi connectivity index (χ0) is 35.7. The topological polar surface area (TPSA) is 80.8 Å². The molecule has 2 unspecified atom stereocenters. The van der Waals surface area contributed by atoms with E-state index in [1.54, 1.807) is 12.0 Å². The third kappa shape index (κ3) is 8.60. The zero-order valence-corrected chi connectivity index (χ0v) is 30.1. The van der Waals surface area contributed by atoms with Gasteiger partial charge in [-0.15, -0.1) is 0 Å². The number of hydrogen-bond donors (Lipinski definition) is 0. The van der Waals surface area contributed by atoms with Crippen LogP contribution in [-0.4, -0.2) is 76.1 Å². The zero-order valence-electron chi connectivity index (χ0n) is 30.1. The van der Waals surface area contributed by atoms with Crippen LogP contribution in [0, 0.1) is 0 Å². The van der Waals surface area contributed by atoms with Crippen LogP contribution in [0.25, 0.3) is 0 Å². The minimum atomic E-state index is -0.332. The minimum absolute atomic E-state index is 0.0726. The van der Waals surface area contributed by atoms with Crippen LogP contribution in [-0.2, 0) is 45.1 Å². The smallest absolute Gasteiger partial charge is 0.410 e. The molecule has 9 nitrogen and oxygen atoms in total. The van der Waals surface area contributed by atoms with E-state index in [4.69, 9.17) is 18.9 Å². The van der Waals surface area contributed by atoms with Crippen LogP contribution in [0.3, 0.4) is 0 Å². The van der Waals surface area contributed by atoms with E-state index in [1.165, 1.54) is 5.56 Å². The number of likely N-dealkylation sites (tertiary alicyclic amines) is 1. The summed E-state index contributed by atoms with van der Waals surface area (Å²) in [6.45, 7) is 5.47. The molecule has 2 atom stereocenters. The Morgan fingerprint density at radius 1 is 0.827 bits per heavy atom. The number of anilines is 2. The average Bonchev–Trinajstić information content (AvgIpc) is 3.19. The Kier molecular flexibility index (Phi) is 11.7. The summed E-state index contributed by atoms with van der Waals surface area (Å²) in [6.07, 6.45) is 3.44. The highest BCUT2D eigenvalue weighted by Gasteiger charge is 2.34. The van der Waals surface area contributed by atoms with Gasteiger partial charge in [-0.2, -0.15) is 0 Å². The molecule has 0 aromatic heterocycles. The highest BCUT2D eigenvalue weighted by Crippen LogP contribution is 2.35. The summed E-state index contributed by atoms with van der Waals surface area (Å²) in [7, 11) is 1.73. The molecule has 0 spiro atoms. The van der Waals surface area contributed by atoms with Gasteiger partial charge in [-0.1, -0.05) is 78.9 Å². The first-order valence-corrected chi connectivity index (χ1v) is 18.6. The number of rotatable bonds is 12. The second kappa shape index (κ2) is 17.1. The van der Waals surface area contributed by atoms with Gasteiger partial charge in [0.15, 0.2) is 0 Å². The third-order valence-corrected chi connectivity index (χ3v) is 10.4. The van der Waals surface area contributed by atoms with Gasteiger partial charge in [-0.05, 0) is 71.7 Å². The van der Waals surface area contributed by atoms with E-state index >= 15 is 0 Å². The summed E-state index contributed by atoms with van der Waals surface area (Å²) in [5.74, 6) is 1.08. The fourth-order valence-corrected chi connectivity index (χ4v) is 7.63. The highest BCUT2D eigenvalue weighted by molar-refractivity contribution is 5.95. The number of piperidine rings is 1. The summed E-state index contributed by atoms with van der Waals surface area (Å²) in [5.41, 5.74) is 7.49. The van der Waals surface area contributed by atoms with Crippen molar-refractivity contribution >= 4 is 23.4 Å². The van der Waals surface area contributed by atoms with Crippen molar-refractivity contribution in [2.45, 2.75) is 57.3 Å². The van der Waals surface area contributed by atoms with E-state index in [0.29, 0.717) is 39.3 Å². The standard InChI is InChI=1S/C43H49N3O6/c1-49-25-8-21-44-24-26-50-40-19-16-34(27-39(40)44)31-51-41-29-45(43(48)52-30-33-9-3-2-4-10-33)23-20-37(41)35-17-14-32(15-18-35)28-42(47)46-22-7-12-36-11-5-6-13-38(36)46/h2-6,9-11,13-19,27,37,41H,7-8,12,20-26,28-31H2,1H3. The van der Waals surface area contributed by atoms with Crippen LogP contribution < -0.4 is 14.5 Å². The number of fused-ring (bicyclic) bond motifs is 2. The van der Waals surface area contributed by atoms with Gasteiger partial charge in [-0.3, -0.25) is 4.79 Å². The fourth-order valence-electron chi connectivity index (χ4n) is 7.63. The lowest BCUT2D eigenvalue weighted by Gasteiger charge is -2.38. The van der Waals surface area contributed by atoms with Crippen LogP contribution >= 0.6 is 0 Å². The third-order valence-electron chi connectivity index (χ3n) is 10.4. The SMILES string of the molecule is COCCCN1CCOc2ccc(COC3CN(C(=O)OCc4ccccc4)CCC3c3ccc(CC(=O)N4CCCc5ccccc54)cc3)cc21. The maximum Gasteiger partial charge on any atom is 0.410 e. The number of hydrogen-bond acceptors (Lipinski definition) is 7. The van der Waals surface area contributed by atoms with Crippen molar-refractivity contribution in [3.05, 3.63) is 125 Å². The van der Waals surface area contributed by atoms with Gasteiger partial charge in [0, 0.05) is 45.0 Å². The van der Waals surface area contributed by atoms with E-state index in [2.05, 4.69) is 53.4 Å².